The SMILES string of the molecule is CC[N-]CC.CC[N-]CC.C[N-]C.C[N-]C.[Ti+4]. The van der Waals surface area contributed by atoms with E-state index in [1.807, 2.05) is 27.7 Å². The van der Waals surface area contributed by atoms with E-state index in [0.717, 1.165) is 26.2 Å². The van der Waals surface area contributed by atoms with Crippen LogP contribution in [-0.4, -0.2) is 54.4 Å². The Balaban J connectivity index is -0.0000000381. The van der Waals surface area contributed by atoms with E-state index in [2.05, 4.69) is 21.3 Å². The second kappa shape index (κ2) is 54.7. The number of rotatable bonds is 4. The van der Waals surface area contributed by atoms with Crippen molar-refractivity contribution in [2.24, 2.45) is 0 Å². The summed E-state index contributed by atoms with van der Waals surface area (Å²) in [6.07, 6.45) is 0. The van der Waals surface area contributed by atoms with Crippen LogP contribution >= 0.6 is 0 Å². The van der Waals surface area contributed by atoms with Crippen LogP contribution in [0.1, 0.15) is 27.7 Å². The molecule has 0 rings (SSSR count). The van der Waals surface area contributed by atoms with Crippen LogP contribution in [0.5, 0.6) is 0 Å². The third-order valence-electron chi connectivity index (χ3n) is 0.894. The van der Waals surface area contributed by atoms with Crippen molar-refractivity contribution in [1.29, 1.82) is 0 Å². The van der Waals surface area contributed by atoms with Crippen LogP contribution in [0.25, 0.3) is 21.3 Å². The second-order valence-corrected chi connectivity index (χ2v) is 2.61. The zero-order valence-electron chi connectivity index (χ0n) is 13.1. The van der Waals surface area contributed by atoms with Crippen LogP contribution in [0.3, 0.4) is 0 Å². The van der Waals surface area contributed by atoms with Crippen molar-refractivity contribution in [3.63, 3.8) is 0 Å². The van der Waals surface area contributed by atoms with Gasteiger partial charge in [0.15, 0.2) is 0 Å². The maximum atomic E-state index is 3.97. The van der Waals surface area contributed by atoms with Gasteiger partial charge in [-0.3, -0.25) is 0 Å². The van der Waals surface area contributed by atoms with Gasteiger partial charge in [-0.25, -0.2) is 0 Å². The van der Waals surface area contributed by atoms with Crippen LogP contribution in [0.2, 0.25) is 0 Å². The van der Waals surface area contributed by atoms with Gasteiger partial charge in [-0.15, -0.1) is 0 Å². The van der Waals surface area contributed by atoms with Crippen molar-refractivity contribution >= 4 is 0 Å². The third-order valence-corrected chi connectivity index (χ3v) is 0.894. The standard InChI is InChI=1S/2C4H10N.2C2H6N.Ti/c2*1-3-5-4-2;2*1-3-2;/h2*3-4H2,1-2H3;2*1-2H3;/q4*-1;+4. The molecule has 0 atom stereocenters. The zero-order chi connectivity index (χ0) is 13.7. The Kier molecular flexibility index (Phi) is 98.3. The van der Waals surface area contributed by atoms with E-state index in [0.29, 0.717) is 0 Å². The fourth-order valence-electron chi connectivity index (χ4n) is 0.447. The summed E-state index contributed by atoms with van der Waals surface area (Å²) in [5, 5.41) is 14.9. The Morgan fingerprint density at radius 1 is 0.529 bits per heavy atom. The van der Waals surface area contributed by atoms with E-state index in [4.69, 9.17) is 0 Å². The number of hydrogen-bond donors (Lipinski definition) is 0. The molecular weight excluding hydrogens is 248 g/mol. The summed E-state index contributed by atoms with van der Waals surface area (Å²) in [6, 6.07) is 0. The molecule has 4 nitrogen and oxygen atoms in total. The van der Waals surface area contributed by atoms with Crippen molar-refractivity contribution in [2.45, 2.75) is 27.7 Å². The molecule has 0 fully saturated rings. The molecule has 0 aromatic rings. The molecule has 5 heteroatoms. The Morgan fingerprint density at radius 2 is 0.647 bits per heavy atom. The molecule has 0 amide bonds. The molecule has 0 bridgehead atoms. The average Bonchev–Trinajstić information content (AvgIpc) is 2.23. The molecule has 0 spiro atoms. The minimum Gasteiger partial charge on any atom is -0.668 e. The molecule has 0 saturated carbocycles. The minimum absolute atomic E-state index is 0. The van der Waals surface area contributed by atoms with Crippen LogP contribution in [0, 0.1) is 0 Å². The van der Waals surface area contributed by atoms with Crippen LogP contribution in [0.4, 0.5) is 0 Å². The van der Waals surface area contributed by atoms with Crippen molar-refractivity contribution in [2.75, 3.05) is 54.4 Å². The first-order valence-corrected chi connectivity index (χ1v) is 5.88. The molecule has 0 aliphatic heterocycles. The van der Waals surface area contributed by atoms with Crippen LogP contribution in [-0.2, 0) is 21.7 Å². The van der Waals surface area contributed by atoms with Crippen LogP contribution in [0.15, 0.2) is 0 Å². The van der Waals surface area contributed by atoms with E-state index < -0.39 is 0 Å². The normalized spacial score (nSPS) is 7.06. The third kappa shape index (κ3) is 169. The molecule has 0 saturated heterocycles. The zero-order valence-corrected chi connectivity index (χ0v) is 14.7. The van der Waals surface area contributed by atoms with Gasteiger partial charge in [0.2, 0.25) is 0 Å². The van der Waals surface area contributed by atoms with Gasteiger partial charge in [-0.05, 0) is 0 Å². The summed E-state index contributed by atoms with van der Waals surface area (Å²) < 4.78 is 0. The molecule has 0 N–H and O–H groups in total. The predicted molar refractivity (Wildman–Crippen MR) is 79.3 cm³/mol. The maximum Gasteiger partial charge on any atom is 4.00 e. The maximum absolute atomic E-state index is 3.97. The molecule has 0 aliphatic carbocycles. The van der Waals surface area contributed by atoms with Gasteiger partial charge in [0.05, 0.1) is 0 Å². The topological polar surface area (TPSA) is 56.4 Å². The molecule has 0 aromatic heterocycles. The van der Waals surface area contributed by atoms with E-state index in [1.54, 1.807) is 28.2 Å². The first-order valence-electron chi connectivity index (χ1n) is 5.88. The molecular formula is C12H32N4Ti. The summed E-state index contributed by atoms with van der Waals surface area (Å²) >= 11 is 0. The first-order chi connectivity index (χ1) is 7.66. The van der Waals surface area contributed by atoms with E-state index >= 15 is 0 Å². The smallest absolute Gasteiger partial charge is 0.668 e. The van der Waals surface area contributed by atoms with Gasteiger partial charge >= 0.3 is 21.7 Å². The van der Waals surface area contributed by atoms with Gasteiger partial charge in [-0.2, -0.15) is 54.4 Å². The first kappa shape index (κ1) is 30.5. The van der Waals surface area contributed by atoms with Crippen molar-refractivity contribution in [1.82, 2.24) is 0 Å². The monoisotopic (exact) mass is 280 g/mol. The van der Waals surface area contributed by atoms with Crippen molar-refractivity contribution in [3.8, 4) is 0 Å². The molecule has 0 aliphatic rings. The average molecular weight is 280 g/mol. The predicted octanol–water partition coefficient (Wildman–Crippen LogP) is 4.04. The summed E-state index contributed by atoms with van der Waals surface area (Å²) in [5.41, 5.74) is 0. The van der Waals surface area contributed by atoms with E-state index in [1.165, 1.54) is 0 Å². The van der Waals surface area contributed by atoms with Gasteiger partial charge in [0.25, 0.3) is 0 Å². The Bertz CT molecular complexity index is 54.5. The number of nitrogens with zero attached hydrogens (tertiary/aromatic N) is 4. The van der Waals surface area contributed by atoms with E-state index in [-0.39, 0.29) is 21.7 Å². The van der Waals surface area contributed by atoms with Gasteiger partial charge < -0.3 is 21.3 Å². The molecule has 0 unspecified atom stereocenters. The fraction of sp³-hybridized carbons (Fsp3) is 1.00. The van der Waals surface area contributed by atoms with Crippen molar-refractivity contribution in [3.05, 3.63) is 21.3 Å². The molecule has 0 radical (unpaired) electrons. The fourth-order valence-corrected chi connectivity index (χ4v) is 0.447. The molecule has 0 heterocycles. The van der Waals surface area contributed by atoms with Gasteiger partial charge in [0, 0.05) is 0 Å². The summed E-state index contributed by atoms with van der Waals surface area (Å²) in [7, 11) is 7.00. The summed E-state index contributed by atoms with van der Waals surface area (Å²) in [4.78, 5) is 0. The Morgan fingerprint density at radius 3 is 0.647 bits per heavy atom. The quantitative estimate of drug-likeness (QED) is 0.698. The molecule has 104 valence electrons. The summed E-state index contributed by atoms with van der Waals surface area (Å²) in [5.74, 6) is 0. The van der Waals surface area contributed by atoms with Crippen molar-refractivity contribution < 1.29 is 21.7 Å². The largest absolute Gasteiger partial charge is 4.00 e. The Hall–Kier alpha value is 0.554. The molecule has 0 aromatic carbocycles. The second-order valence-electron chi connectivity index (χ2n) is 2.61. The molecule has 17 heavy (non-hydrogen) atoms. The number of hydrogen-bond acceptors (Lipinski definition) is 0. The van der Waals surface area contributed by atoms with Gasteiger partial charge in [0.1, 0.15) is 0 Å². The Labute approximate surface area is 125 Å². The van der Waals surface area contributed by atoms with E-state index in [9.17, 15) is 0 Å². The summed E-state index contributed by atoms with van der Waals surface area (Å²) in [6.45, 7) is 12.1. The van der Waals surface area contributed by atoms with Crippen LogP contribution < -0.4 is 0 Å². The minimum atomic E-state index is 0. The van der Waals surface area contributed by atoms with Gasteiger partial charge in [-0.1, -0.05) is 27.7 Å².